The van der Waals surface area contributed by atoms with Crippen molar-refractivity contribution in [3.05, 3.63) is 53.6 Å². The lowest BCUT2D eigenvalue weighted by atomic mass is 10.1. The van der Waals surface area contributed by atoms with Gasteiger partial charge in [-0.15, -0.1) is 0 Å². The number of nitrogens with two attached hydrogens (primary N) is 1. The van der Waals surface area contributed by atoms with Gasteiger partial charge in [0.15, 0.2) is 11.5 Å². The predicted octanol–water partition coefficient (Wildman–Crippen LogP) is 2.33. The molecule has 0 aliphatic carbocycles. The third kappa shape index (κ3) is 6.29. The van der Waals surface area contributed by atoms with Crippen LogP contribution in [-0.2, 0) is 17.8 Å². The number of amides is 1. The maximum absolute atomic E-state index is 11.0. The van der Waals surface area contributed by atoms with E-state index in [0.29, 0.717) is 12.4 Å². The van der Waals surface area contributed by atoms with Gasteiger partial charge in [0.25, 0.3) is 0 Å². The van der Waals surface area contributed by atoms with Crippen molar-refractivity contribution in [1.29, 1.82) is 0 Å². The van der Waals surface area contributed by atoms with Crippen molar-refractivity contribution >= 4 is 5.91 Å². The lowest BCUT2D eigenvalue weighted by Gasteiger charge is -2.17. The van der Waals surface area contributed by atoms with Crippen LogP contribution in [0.3, 0.4) is 0 Å². The Morgan fingerprint density at radius 3 is 2.73 bits per heavy atom. The third-order valence-corrected chi connectivity index (χ3v) is 3.93. The maximum Gasteiger partial charge on any atom is 0.221 e. The van der Waals surface area contributed by atoms with Gasteiger partial charge in [-0.2, -0.15) is 0 Å². The number of aromatic hydroxyl groups is 1. The molecule has 0 heterocycles. The maximum atomic E-state index is 11.0. The van der Waals surface area contributed by atoms with Gasteiger partial charge in [0.2, 0.25) is 5.91 Å². The van der Waals surface area contributed by atoms with Crippen LogP contribution in [0.5, 0.6) is 17.2 Å². The molecule has 0 aliphatic heterocycles. The molecule has 0 saturated carbocycles. The van der Waals surface area contributed by atoms with Crippen molar-refractivity contribution in [1.82, 2.24) is 4.90 Å². The number of phenolic OH excluding ortho intramolecular Hbond substituents is 1. The monoisotopic (exact) mass is 358 g/mol. The Kier molecular flexibility index (Phi) is 7.29. The number of hydrogen-bond donors (Lipinski definition) is 2. The van der Waals surface area contributed by atoms with Gasteiger partial charge < -0.3 is 25.2 Å². The highest BCUT2D eigenvalue weighted by Crippen LogP contribution is 2.26. The zero-order chi connectivity index (χ0) is 18.9. The van der Waals surface area contributed by atoms with Gasteiger partial charge in [-0.25, -0.2) is 0 Å². The molecule has 0 saturated heterocycles. The molecule has 26 heavy (non-hydrogen) atoms. The summed E-state index contributed by atoms with van der Waals surface area (Å²) in [5.41, 5.74) is 7.14. The molecule has 6 nitrogen and oxygen atoms in total. The number of ether oxygens (including phenoxy) is 2. The summed E-state index contributed by atoms with van der Waals surface area (Å²) in [7, 11) is 3.57. The largest absolute Gasteiger partial charge is 0.504 e. The molecular weight excluding hydrogens is 332 g/mol. The second kappa shape index (κ2) is 9.68. The molecule has 2 rings (SSSR count). The summed E-state index contributed by atoms with van der Waals surface area (Å²) in [6, 6.07) is 12.8. The van der Waals surface area contributed by atoms with Crippen LogP contribution in [0.2, 0.25) is 0 Å². The first-order valence-electron chi connectivity index (χ1n) is 8.52. The Morgan fingerprint density at radius 1 is 1.19 bits per heavy atom. The number of phenols is 1. The van der Waals surface area contributed by atoms with Crippen LogP contribution in [0.4, 0.5) is 0 Å². The Bertz CT molecular complexity index is 734. The van der Waals surface area contributed by atoms with Gasteiger partial charge in [-0.1, -0.05) is 18.2 Å². The van der Waals surface area contributed by atoms with E-state index >= 15 is 0 Å². The van der Waals surface area contributed by atoms with Crippen LogP contribution in [0.15, 0.2) is 42.5 Å². The molecular formula is C20H26N2O4. The SMILES string of the molecule is COc1cc(CN(C)CCCOc2cccc(CC(N)=O)c2)ccc1O. The minimum absolute atomic E-state index is 0.144. The zero-order valence-corrected chi connectivity index (χ0v) is 15.3. The molecule has 2 aromatic rings. The van der Waals surface area contributed by atoms with E-state index in [9.17, 15) is 9.90 Å². The second-order valence-electron chi connectivity index (χ2n) is 6.24. The van der Waals surface area contributed by atoms with Gasteiger partial charge in [-0.05, 0) is 48.9 Å². The fourth-order valence-electron chi connectivity index (χ4n) is 2.68. The van der Waals surface area contributed by atoms with Crippen LogP contribution >= 0.6 is 0 Å². The highest BCUT2D eigenvalue weighted by atomic mass is 16.5. The van der Waals surface area contributed by atoms with E-state index in [1.165, 1.54) is 7.11 Å². The third-order valence-electron chi connectivity index (χ3n) is 3.93. The van der Waals surface area contributed by atoms with Gasteiger partial charge in [-0.3, -0.25) is 4.79 Å². The first-order chi connectivity index (χ1) is 12.5. The van der Waals surface area contributed by atoms with Crippen LogP contribution in [0.1, 0.15) is 17.5 Å². The normalized spacial score (nSPS) is 10.7. The van der Waals surface area contributed by atoms with Crippen LogP contribution in [-0.4, -0.2) is 43.2 Å². The number of methoxy groups -OCH3 is 1. The van der Waals surface area contributed by atoms with Gasteiger partial charge in [0.05, 0.1) is 20.1 Å². The number of carbonyl (C=O) groups excluding carboxylic acids is 1. The molecule has 0 fully saturated rings. The van der Waals surface area contributed by atoms with E-state index in [0.717, 1.165) is 36.4 Å². The first kappa shape index (κ1) is 19.6. The number of hydrogen-bond acceptors (Lipinski definition) is 5. The Labute approximate surface area is 154 Å². The summed E-state index contributed by atoms with van der Waals surface area (Å²) in [6.45, 7) is 2.21. The van der Waals surface area contributed by atoms with Crippen molar-refractivity contribution in [2.75, 3.05) is 27.3 Å². The van der Waals surface area contributed by atoms with Crippen molar-refractivity contribution in [3.8, 4) is 17.2 Å². The smallest absolute Gasteiger partial charge is 0.221 e. The lowest BCUT2D eigenvalue weighted by molar-refractivity contribution is -0.117. The molecule has 0 unspecified atom stereocenters. The molecule has 1 amide bonds. The van der Waals surface area contributed by atoms with Crippen molar-refractivity contribution < 1.29 is 19.4 Å². The average Bonchev–Trinajstić information content (AvgIpc) is 2.60. The topological polar surface area (TPSA) is 85.0 Å². The predicted molar refractivity (Wildman–Crippen MR) is 100 cm³/mol. The number of rotatable bonds is 10. The molecule has 2 aromatic carbocycles. The van der Waals surface area contributed by atoms with E-state index in [2.05, 4.69) is 4.90 Å². The van der Waals surface area contributed by atoms with Crippen LogP contribution in [0, 0.1) is 0 Å². The molecule has 0 bridgehead atoms. The summed E-state index contributed by atoms with van der Waals surface area (Å²) < 4.78 is 10.9. The summed E-state index contributed by atoms with van der Waals surface area (Å²) in [5, 5.41) is 9.64. The Balaban J connectivity index is 1.75. The van der Waals surface area contributed by atoms with Gasteiger partial charge in [0.1, 0.15) is 5.75 Å². The van der Waals surface area contributed by atoms with E-state index in [1.54, 1.807) is 6.07 Å². The Morgan fingerprint density at radius 2 is 2.00 bits per heavy atom. The van der Waals surface area contributed by atoms with Gasteiger partial charge >= 0.3 is 0 Å². The van der Waals surface area contributed by atoms with Crippen molar-refractivity contribution in [2.45, 2.75) is 19.4 Å². The summed E-state index contributed by atoms with van der Waals surface area (Å²) >= 11 is 0. The van der Waals surface area contributed by atoms with Gasteiger partial charge in [0, 0.05) is 13.1 Å². The molecule has 6 heteroatoms. The molecule has 0 aromatic heterocycles. The van der Waals surface area contributed by atoms with E-state index in [4.69, 9.17) is 15.2 Å². The number of nitrogens with zero attached hydrogens (tertiary/aromatic N) is 1. The van der Waals surface area contributed by atoms with Crippen molar-refractivity contribution in [2.24, 2.45) is 5.73 Å². The fraction of sp³-hybridized carbons (Fsp3) is 0.350. The quantitative estimate of drug-likeness (QED) is 0.637. The fourth-order valence-corrected chi connectivity index (χ4v) is 2.68. The highest BCUT2D eigenvalue weighted by molar-refractivity contribution is 5.76. The van der Waals surface area contributed by atoms with E-state index in [1.807, 2.05) is 43.4 Å². The van der Waals surface area contributed by atoms with E-state index in [-0.39, 0.29) is 18.1 Å². The lowest BCUT2D eigenvalue weighted by Crippen LogP contribution is -2.20. The standard InChI is InChI=1S/C20H26N2O4/c1-22(14-16-7-8-18(23)19(12-16)25-2)9-4-10-26-17-6-3-5-15(11-17)13-20(21)24/h3,5-8,11-12,23H,4,9-10,13-14H2,1-2H3,(H2,21,24). The van der Waals surface area contributed by atoms with Crippen LogP contribution in [0.25, 0.3) is 0 Å². The summed E-state index contributed by atoms with van der Waals surface area (Å²) in [6.07, 6.45) is 1.09. The zero-order valence-electron chi connectivity index (χ0n) is 15.3. The Hall–Kier alpha value is -2.73. The van der Waals surface area contributed by atoms with E-state index < -0.39 is 0 Å². The number of carbonyl (C=O) groups is 1. The molecule has 3 N–H and O–H groups in total. The minimum Gasteiger partial charge on any atom is -0.504 e. The molecule has 140 valence electrons. The number of primary amides is 1. The average molecular weight is 358 g/mol. The molecule has 0 atom stereocenters. The first-order valence-corrected chi connectivity index (χ1v) is 8.52. The minimum atomic E-state index is -0.352. The second-order valence-corrected chi connectivity index (χ2v) is 6.24. The van der Waals surface area contributed by atoms with Crippen molar-refractivity contribution in [3.63, 3.8) is 0 Å². The summed E-state index contributed by atoms with van der Waals surface area (Å²) in [5.74, 6) is 1.02. The molecule has 0 spiro atoms. The summed E-state index contributed by atoms with van der Waals surface area (Å²) in [4.78, 5) is 13.2. The molecule has 0 radical (unpaired) electrons. The molecule has 0 aliphatic rings. The van der Waals surface area contributed by atoms with Crippen LogP contribution < -0.4 is 15.2 Å². The highest BCUT2D eigenvalue weighted by Gasteiger charge is 2.06. The number of benzene rings is 2.